The lowest BCUT2D eigenvalue weighted by Gasteiger charge is -2.03. The molecule has 0 radical (unpaired) electrons. The van der Waals surface area contributed by atoms with Crippen molar-refractivity contribution in [1.82, 2.24) is 14.8 Å². The minimum atomic E-state index is -0.449. The van der Waals surface area contributed by atoms with E-state index in [4.69, 9.17) is 5.73 Å². The summed E-state index contributed by atoms with van der Waals surface area (Å²) in [6.45, 7) is 3.97. The van der Waals surface area contributed by atoms with Crippen LogP contribution in [0.1, 0.15) is 30.4 Å². The first-order valence-corrected chi connectivity index (χ1v) is 8.14. The Morgan fingerprint density at radius 1 is 1.38 bits per heavy atom. The number of nitrogens with two attached hydrogens (primary N) is 1. The lowest BCUT2D eigenvalue weighted by Crippen LogP contribution is -2.13. The first-order chi connectivity index (χ1) is 11.5. The van der Waals surface area contributed by atoms with E-state index in [1.54, 1.807) is 35.3 Å². The van der Waals surface area contributed by atoms with Crippen molar-refractivity contribution >= 4 is 27.9 Å². The second kappa shape index (κ2) is 6.40. The Labute approximate surface area is 142 Å². The summed E-state index contributed by atoms with van der Waals surface area (Å²) in [6, 6.07) is 6.42. The first kappa shape index (κ1) is 16.1. The number of amides is 1. The molecule has 3 N–H and O–H groups in total. The van der Waals surface area contributed by atoms with Crippen molar-refractivity contribution in [1.29, 1.82) is 0 Å². The molecule has 0 fully saturated rings. The van der Waals surface area contributed by atoms with Gasteiger partial charge in [-0.1, -0.05) is 23.5 Å². The van der Waals surface area contributed by atoms with E-state index in [1.807, 2.05) is 13.8 Å². The number of hydrogen-bond donors (Lipinski definition) is 2. The predicted octanol–water partition coefficient (Wildman–Crippen LogP) is 3.56. The van der Waals surface area contributed by atoms with E-state index in [2.05, 4.69) is 15.4 Å². The van der Waals surface area contributed by atoms with Gasteiger partial charge in [0.1, 0.15) is 15.8 Å². The molecule has 0 saturated carbocycles. The number of benzene rings is 1. The van der Waals surface area contributed by atoms with Crippen molar-refractivity contribution in [3.05, 3.63) is 48.2 Å². The van der Waals surface area contributed by atoms with Crippen molar-refractivity contribution in [3.8, 4) is 10.6 Å². The number of hydrogen-bond acceptors (Lipinski definition) is 5. The van der Waals surface area contributed by atoms with Gasteiger partial charge in [-0.25, -0.2) is 9.37 Å². The molecule has 0 aliphatic rings. The standard InChI is InChI=1S/C16H16FN5OS/c1-9(2)22-8-10(7-19-22)20-15(23)13-14(18)24-16(21-13)11-5-3-4-6-12(11)17/h3-9H,18H2,1-2H3,(H,20,23). The Bertz CT molecular complexity index is 886. The first-order valence-electron chi connectivity index (χ1n) is 7.32. The molecule has 0 unspecified atom stereocenters. The summed E-state index contributed by atoms with van der Waals surface area (Å²) in [5.74, 6) is -0.855. The number of halogens is 1. The number of nitrogens with one attached hydrogen (secondary N) is 1. The second-order valence-corrected chi connectivity index (χ2v) is 6.50. The van der Waals surface area contributed by atoms with Crippen LogP contribution in [-0.4, -0.2) is 20.7 Å². The zero-order valence-corrected chi connectivity index (χ0v) is 14.0. The van der Waals surface area contributed by atoms with Gasteiger partial charge in [-0.15, -0.1) is 0 Å². The molecule has 0 atom stereocenters. The summed E-state index contributed by atoms with van der Waals surface area (Å²) in [5, 5.41) is 7.46. The van der Waals surface area contributed by atoms with Crippen molar-refractivity contribution in [2.24, 2.45) is 0 Å². The third kappa shape index (κ3) is 3.13. The number of carbonyl (C=O) groups excluding carboxylic acids is 1. The number of carbonyl (C=O) groups is 1. The van der Waals surface area contributed by atoms with Crippen molar-refractivity contribution in [2.75, 3.05) is 11.1 Å². The van der Waals surface area contributed by atoms with E-state index in [0.29, 0.717) is 16.3 Å². The maximum Gasteiger partial charge on any atom is 0.277 e. The van der Waals surface area contributed by atoms with Gasteiger partial charge in [0.15, 0.2) is 5.69 Å². The van der Waals surface area contributed by atoms with E-state index in [9.17, 15) is 9.18 Å². The molecule has 1 aromatic carbocycles. The molecular weight excluding hydrogens is 329 g/mol. The minimum Gasteiger partial charge on any atom is -0.389 e. The van der Waals surface area contributed by atoms with Gasteiger partial charge in [0.25, 0.3) is 5.91 Å². The maximum absolute atomic E-state index is 13.9. The molecule has 0 bridgehead atoms. The van der Waals surface area contributed by atoms with Crippen molar-refractivity contribution < 1.29 is 9.18 Å². The largest absolute Gasteiger partial charge is 0.389 e. The average molecular weight is 345 g/mol. The third-order valence-corrected chi connectivity index (χ3v) is 4.28. The summed E-state index contributed by atoms with van der Waals surface area (Å²) >= 11 is 1.08. The number of aromatic nitrogens is 3. The van der Waals surface area contributed by atoms with E-state index in [1.165, 1.54) is 6.07 Å². The van der Waals surface area contributed by atoms with Crippen molar-refractivity contribution in [2.45, 2.75) is 19.9 Å². The summed E-state index contributed by atoms with van der Waals surface area (Å²) in [4.78, 5) is 16.6. The topological polar surface area (TPSA) is 85.8 Å². The fourth-order valence-electron chi connectivity index (χ4n) is 2.12. The predicted molar refractivity (Wildman–Crippen MR) is 92.5 cm³/mol. The van der Waals surface area contributed by atoms with Crippen LogP contribution in [0, 0.1) is 5.82 Å². The number of anilines is 2. The molecule has 24 heavy (non-hydrogen) atoms. The van der Waals surface area contributed by atoms with Crippen LogP contribution in [0.3, 0.4) is 0 Å². The van der Waals surface area contributed by atoms with Crippen LogP contribution in [0.4, 0.5) is 15.1 Å². The van der Waals surface area contributed by atoms with Gasteiger partial charge in [0.05, 0.1) is 11.9 Å². The van der Waals surface area contributed by atoms with Crippen LogP contribution in [0.15, 0.2) is 36.7 Å². The highest BCUT2D eigenvalue weighted by Crippen LogP contribution is 2.31. The molecule has 3 rings (SSSR count). The maximum atomic E-state index is 13.9. The molecule has 1 amide bonds. The van der Waals surface area contributed by atoms with E-state index >= 15 is 0 Å². The molecule has 0 spiro atoms. The molecule has 2 heterocycles. The highest BCUT2D eigenvalue weighted by atomic mass is 32.1. The number of thiazole rings is 1. The zero-order chi connectivity index (χ0) is 17.3. The second-order valence-electron chi connectivity index (χ2n) is 5.47. The van der Waals surface area contributed by atoms with Gasteiger partial charge in [-0.3, -0.25) is 9.48 Å². The normalized spacial score (nSPS) is 11.0. The lowest BCUT2D eigenvalue weighted by molar-refractivity contribution is 0.102. The highest BCUT2D eigenvalue weighted by molar-refractivity contribution is 7.19. The number of rotatable bonds is 4. The molecule has 124 valence electrons. The number of nitrogen functional groups attached to an aromatic ring is 1. The minimum absolute atomic E-state index is 0.0792. The van der Waals surface area contributed by atoms with Gasteiger partial charge >= 0.3 is 0 Å². The van der Waals surface area contributed by atoms with Crippen LogP contribution in [0.2, 0.25) is 0 Å². The Hall–Kier alpha value is -2.74. The highest BCUT2D eigenvalue weighted by Gasteiger charge is 2.19. The summed E-state index contributed by atoms with van der Waals surface area (Å²) in [7, 11) is 0. The van der Waals surface area contributed by atoms with Crippen LogP contribution in [-0.2, 0) is 0 Å². The SMILES string of the molecule is CC(C)n1cc(NC(=O)c2nc(-c3ccccc3F)sc2N)cn1. The van der Waals surface area contributed by atoms with Gasteiger partial charge in [-0.05, 0) is 26.0 Å². The fourth-order valence-corrected chi connectivity index (χ4v) is 2.98. The molecule has 0 saturated heterocycles. The molecule has 2 aromatic heterocycles. The quantitative estimate of drug-likeness (QED) is 0.757. The Kier molecular flexibility index (Phi) is 4.30. The monoisotopic (exact) mass is 345 g/mol. The van der Waals surface area contributed by atoms with E-state index in [0.717, 1.165) is 11.3 Å². The van der Waals surface area contributed by atoms with Gasteiger partial charge in [0.2, 0.25) is 0 Å². The summed E-state index contributed by atoms with van der Waals surface area (Å²) in [5.41, 5.74) is 6.84. The Morgan fingerprint density at radius 2 is 2.12 bits per heavy atom. The van der Waals surface area contributed by atoms with E-state index < -0.39 is 11.7 Å². The van der Waals surface area contributed by atoms with Gasteiger partial charge in [0, 0.05) is 17.8 Å². The van der Waals surface area contributed by atoms with Crippen LogP contribution >= 0.6 is 11.3 Å². The third-order valence-electron chi connectivity index (χ3n) is 3.36. The molecule has 0 aliphatic heterocycles. The summed E-state index contributed by atoms with van der Waals surface area (Å²) in [6.07, 6.45) is 3.28. The van der Waals surface area contributed by atoms with Crippen LogP contribution in [0.5, 0.6) is 0 Å². The Balaban J connectivity index is 1.84. The van der Waals surface area contributed by atoms with Gasteiger partial charge < -0.3 is 11.1 Å². The smallest absolute Gasteiger partial charge is 0.277 e. The molecule has 0 aliphatic carbocycles. The van der Waals surface area contributed by atoms with Gasteiger partial charge in [-0.2, -0.15) is 5.10 Å². The summed E-state index contributed by atoms with van der Waals surface area (Å²) < 4.78 is 15.6. The molecular formula is C16H16FN5OS. The molecule has 8 heteroatoms. The Morgan fingerprint density at radius 3 is 2.79 bits per heavy atom. The average Bonchev–Trinajstić information content (AvgIpc) is 3.14. The number of nitrogens with zero attached hydrogens (tertiary/aromatic N) is 3. The lowest BCUT2D eigenvalue weighted by atomic mass is 10.2. The molecule has 6 nitrogen and oxygen atoms in total. The fraction of sp³-hybridized carbons (Fsp3) is 0.188. The van der Waals surface area contributed by atoms with Crippen LogP contribution < -0.4 is 11.1 Å². The van der Waals surface area contributed by atoms with Crippen molar-refractivity contribution in [3.63, 3.8) is 0 Å². The molecule has 3 aromatic rings. The zero-order valence-electron chi connectivity index (χ0n) is 13.2. The van der Waals surface area contributed by atoms with E-state index in [-0.39, 0.29) is 16.7 Å². The van der Waals surface area contributed by atoms with Crippen LogP contribution in [0.25, 0.3) is 10.6 Å².